The zero-order valence-electron chi connectivity index (χ0n) is 16.1. The number of rotatable bonds is 4. The molecule has 1 atom stereocenters. The number of amides is 4. The van der Waals surface area contributed by atoms with Gasteiger partial charge in [-0.15, -0.1) is 0 Å². The number of nitrogens with zero attached hydrogens (tertiary/aromatic N) is 4. The highest BCUT2D eigenvalue weighted by molar-refractivity contribution is 6.31. The summed E-state index contributed by atoms with van der Waals surface area (Å²) in [5.74, 6) is -6.12. The number of barbiturate groups is 1. The molecule has 2 aromatic heterocycles. The van der Waals surface area contributed by atoms with Gasteiger partial charge in [0.1, 0.15) is 29.7 Å². The van der Waals surface area contributed by atoms with Gasteiger partial charge in [-0.2, -0.15) is 14.6 Å². The number of imidazole rings is 1. The third kappa shape index (κ3) is 3.20. The van der Waals surface area contributed by atoms with Crippen molar-refractivity contribution >= 4 is 29.4 Å². The summed E-state index contributed by atoms with van der Waals surface area (Å²) in [7, 11) is 0. The maximum absolute atomic E-state index is 15.0. The normalized spacial score (nSPS) is 15.7. The van der Waals surface area contributed by atoms with Gasteiger partial charge in [-0.05, 0) is 12.1 Å². The average Bonchev–Trinajstić information content (AvgIpc) is 3.29. The highest BCUT2D eigenvalue weighted by atomic mass is 35.5. The average molecular weight is 448 g/mol. The van der Waals surface area contributed by atoms with Crippen molar-refractivity contribution in [1.29, 1.82) is 0 Å². The molecule has 0 bridgehead atoms. The number of carbonyl (C=O) groups is 3. The van der Waals surface area contributed by atoms with E-state index in [1.165, 1.54) is 30.0 Å². The molecule has 4 rings (SSSR count). The number of H-pyrrole nitrogens is 1. The monoisotopic (exact) mass is 447 g/mol. The van der Waals surface area contributed by atoms with E-state index in [1.807, 2.05) is 10.6 Å². The molecule has 1 aliphatic heterocycles. The number of urea groups is 1. The van der Waals surface area contributed by atoms with Crippen LogP contribution in [0, 0.1) is 30.8 Å². The van der Waals surface area contributed by atoms with Crippen molar-refractivity contribution in [2.75, 3.05) is 0 Å². The van der Waals surface area contributed by atoms with Gasteiger partial charge in [0.25, 0.3) is 5.82 Å². The Bertz CT molecular complexity index is 1180. The van der Waals surface area contributed by atoms with E-state index in [2.05, 4.69) is 15.2 Å². The van der Waals surface area contributed by atoms with E-state index in [-0.39, 0.29) is 28.1 Å². The highest BCUT2D eigenvalue weighted by Gasteiger charge is 2.49. The van der Waals surface area contributed by atoms with Crippen LogP contribution >= 0.6 is 11.6 Å². The fraction of sp³-hybridized carbons (Fsp3) is 0.222. The standard InChI is InChI=1S/C18H15ClFN7O4/c1-7-8(2)27(31)16(26(7)17-21-6-22-25-17)12(11-9(19)4-3-5-10(11)20)13-14(28)23-18(30)24-15(13)29/h3-6,12-13H,1-2H3,(H,21,22,25)(H2,23,24,28,29,30). The summed E-state index contributed by atoms with van der Waals surface area (Å²) in [6.07, 6.45) is 1.20. The van der Waals surface area contributed by atoms with Crippen LogP contribution in [0.15, 0.2) is 24.5 Å². The van der Waals surface area contributed by atoms with Gasteiger partial charge >= 0.3 is 12.0 Å². The smallest absolute Gasteiger partial charge is 0.328 e. The van der Waals surface area contributed by atoms with Crippen LogP contribution in [-0.4, -0.2) is 37.6 Å². The van der Waals surface area contributed by atoms with Crippen molar-refractivity contribution in [2.45, 2.75) is 19.8 Å². The molecule has 31 heavy (non-hydrogen) atoms. The molecule has 0 saturated carbocycles. The molecule has 1 saturated heterocycles. The molecule has 1 aliphatic rings. The van der Waals surface area contributed by atoms with E-state index in [9.17, 15) is 19.6 Å². The summed E-state index contributed by atoms with van der Waals surface area (Å²) in [5, 5.41) is 23.4. The summed E-state index contributed by atoms with van der Waals surface area (Å²) in [6, 6.07) is 2.79. The summed E-state index contributed by atoms with van der Waals surface area (Å²) < 4.78 is 16.8. The number of hydrogen-bond acceptors (Lipinski definition) is 6. The molecule has 0 spiro atoms. The number of benzene rings is 1. The lowest BCUT2D eigenvalue weighted by molar-refractivity contribution is -0.621. The van der Waals surface area contributed by atoms with E-state index in [1.54, 1.807) is 6.92 Å². The molecule has 11 nitrogen and oxygen atoms in total. The van der Waals surface area contributed by atoms with Gasteiger partial charge in [0.05, 0.1) is 0 Å². The van der Waals surface area contributed by atoms with E-state index in [0.29, 0.717) is 10.4 Å². The van der Waals surface area contributed by atoms with E-state index in [4.69, 9.17) is 11.6 Å². The SMILES string of the molecule is Cc1c(C)[n+]([O-])c(C(c2c(F)cccc2Cl)C2C(=O)NC(=O)NC2=O)n1-c1ncn[nH]1. The van der Waals surface area contributed by atoms with Crippen molar-refractivity contribution in [3.05, 3.63) is 63.3 Å². The van der Waals surface area contributed by atoms with Crippen LogP contribution in [0.4, 0.5) is 9.18 Å². The first-order chi connectivity index (χ1) is 14.7. The highest BCUT2D eigenvalue weighted by Crippen LogP contribution is 2.39. The van der Waals surface area contributed by atoms with Gasteiger partial charge in [0, 0.05) is 24.4 Å². The number of nitrogens with one attached hydrogen (secondary N) is 3. The molecule has 160 valence electrons. The number of hydrogen-bond donors (Lipinski definition) is 3. The second-order valence-corrected chi connectivity index (χ2v) is 7.27. The minimum atomic E-state index is -1.68. The molecule has 3 heterocycles. The van der Waals surface area contributed by atoms with Crippen LogP contribution in [0.2, 0.25) is 5.02 Å². The van der Waals surface area contributed by atoms with Crippen molar-refractivity contribution in [2.24, 2.45) is 5.92 Å². The molecule has 0 radical (unpaired) electrons. The van der Waals surface area contributed by atoms with Crippen LogP contribution < -0.4 is 15.4 Å². The summed E-state index contributed by atoms with van der Waals surface area (Å²) in [5.41, 5.74) is 0.375. The maximum Gasteiger partial charge on any atom is 0.328 e. The van der Waals surface area contributed by atoms with Crippen LogP contribution in [-0.2, 0) is 9.59 Å². The largest absolute Gasteiger partial charge is 0.711 e. The van der Waals surface area contributed by atoms with Crippen molar-refractivity contribution in [1.82, 2.24) is 30.4 Å². The quantitative estimate of drug-likeness (QED) is 0.305. The predicted octanol–water partition coefficient (Wildman–Crippen LogP) is 0.752. The van der Waals surface area contributed by atoms with Gasteiger partial charge in [-0.25, -0.2) is 19.0 Å². The number of aromatic amines is 1. The van der Waals surface area contributed by atoms with Crippen LogP contribution in [0.5, 0.6) is 0 Å². The second kappa shape index (κ2) is 7.47. The fourth-order valence-electron chi connectivity index (χ4n) is 3.67. The van der Waals surface area contributed by atoms with Crippen molar-refractivity contribution in [3.8, 4) is 5.95 Å². The lowest BCUT2D eigenvalue weighted by Crippen LogP contribution is -2.58. The Morgan fingerprint density at radius 2 is 1.90 bits per heavy atom. The Morgan fingerprint density at radius 1 is 1.23 bits per heavy atom. The molecular weight excluding hydrogens is 433 g/mol. The first-order valence-corrected chi connectivity index (χ1v) is 9.36. The van der Waals surface area contributed by atoms with Crippen molar-refractivity contribution < 1.29 is 23.5 Å². The summed E-state index contributed by atoms with van der Waals surface area (Å²) in [6.45, 7) is 3.13. The van der Waals surface area contributed by atoms with Crippen molar-refractivity contribution in [3.63, 3.8) is 0 Å². The molecular formula is C18H15ClFN7O4. The molecule has 0 aliphatic carbocycles. The fourth-order valence-corrected chi connectivity index (χ4v) is 3.95. The third-order valence-corrected chi connectivity index (χ3v) is 5.51. The number of imide groups is 2. The van der Waals surface area contributed by atoms with E-state index < -0.39 is 35.5 Å². The second-order valence-electron chi connectivity index (χ2n) is 6.87. The van der Waals surface area contributed by atoms with E-state index in [0.717, 1.165) is 6.07 Å². The van der Waals surface area contributed by atoms with Gasteiger partial charge in [0.2, 0.25) is 11.8 Å². The number of aromatic nitrogens is 5. The predicted molar refractivity (Wildman–Crippen MR) is 103 cm³/mol. The molecule has 3 aromatic rings. The number of carbonyl (C=O) groups excluding carboxylic acids is 3. The summed E-state index contributed by atoms with van der Waals surface area (Å²) in [4.78, 5) is 41.0. The Kier molecular flexibility index (Phi) is 4.93. The van der Waals surface area contributed by atoms with Gasteiger partial charge in [-0.3, -0.25) is 20.2 Å². The van der Waals surface area contributed by atoms with Crippen LogP contribution in [0.25, 0.3) is 5.95 Å². The Hall–Kier alpha value is -3.80. The van der Waals surface area contributed by atoms with E-state index >= 15 is 4.39 Å². The van der Waals surface area contributed by atoms with Crippen LogP contribution in [0.3, 0.4) is 0 Å². The first-order valence-electron chi connectivity index (χ1n) is 8.99. The Labute approximate surface area is 178 Å². The molecule has 1 unspecified atom stereocenters. The lowest BCUT2D eigenvalue weighted by Gasteiger charge is -2.28. The Balaban J connectivity index is 2.07. The Morgan fingerprint density at radius 3 is 2.48 bits per heavy atom. The van der Waals surface area contributed by atoms with Gasteiger partial charge in [-0.1, -0.05) is 17.7 Å². The molecule has 4 amide bonds. The zero-order chi connectivity index (χ0) is 22.4. The minimum absolute atomic E-state index is 0.107. The zero-order valence-corrected chi connectivity index (χ0v) is 16.9. The summed E-state index contributed by atoms with van der Waals surface area (Å²) >= 11 is 6.27. The molecule has 1 aromatic carbocycles. The maximum atomic E-state index is 15.0. The van der Waals surface area contributed by atoms with Crippen LogP contribution in [0.1, 0.15) is 28.7 Å². The molecule has 1 fully saturated rings. The topological polar surface area (TPSA) is 149 Å². The lowest BCUT2D eigenvalue weighted by atomic mass is 9.82. The van der Waals surface area contributed by atoms with Gasteiger partial charge < -0.3 is 5.21 Å². The first kappa shape index (κ1) is 20.5. The number of halogens is 2. The molecule has 3 N–H and O–H groups in total. The molecule has 13 heteroatoms. The van der Waals surface area contributed by atoms with Gasteiger partial charge in [0.15, 0.2) is 5.69 Å². The minimum Gasteiger partial charge on any atom is -0.711 e. The third-order valence-electron chi connectivity index (χ3n) is 5.18.